The van der Waals surface area contributed by atoms with Gasteiger partial charge in [0.05, 0.1) is 30.5 Å². The van der Waals surface area contributed by atoms with Gasteiger partial charge >= 0.3 is 0 Å². The molecule has 4 heteroatoms. The number of fused-ring (bicyclic) bond motifs is 1. The van der Waals surface area contributed by atoms with E-state index in [0.29, 0.717) is 0 Å². The molecule has 0 aliphatic carbocycles. The van der Waals surface area contributed by atoms with E-state index >= 15 is 0 Å². The Morgan fingerprint density at radius 2 is 1.95 bits per heavy atom. The number of pyridine rings is 1. The van der Waals surface area contributed by atoms with Crippen molar-refractivity contribution in [3.63, 3.8) is 0 Å². The van der Waals surface area contributed by atoms with E-state index in [1.54, 1.807) is 7.11 Å². The highest BCUT2D eigenvalue weighted by Gasteiger charge is 2.21. The highest BCUT2D eigenvalue weighted by Crippen LogP contribution is 2.35. The van der Waals surface area contributed by atoms with Crippen LogP contribution in [0, 0.1) is 11.3 Å². The van der Waals surface area contributed by atoms with Gasteiger partial charge in [-0.3, -0.25) is 0 Å². The Labute approximate surface area is 123 Å². The lowest BCUT2D eigenvalue weighted by atomic mass is 10.0. The van der Waals surface area contributed by atoms with Crippen LogP contribution >= 0.6 is 0 Å². The van der Waals surface area contributed by atoms with Crippen molar-refractivity contribution in [2.45, 2.75) is 12.8 Å². The molecule has 0 spiro atoms. The molecule has 0 N–H and O–H groups in total. The molecule has 0 aliphatic rings. The monoisotopic (exact) mass is 277 g/mol. The number of nitrogens with zero attached hydrogens (tertiary/aromatic N) is 3. The number of methoxy groups -OCH3 is 1. The zero-order valence-electron chi connectivity index (χ0n) is 11.9. The first-order chi connectivity index (χ1) is 10.3. The van der Waals surface area contributed by atoms with Gasteiger partial charge in [-0.05, 0) is 31.2 Å². The highest BCUT2D eigenvalue weighted by atomic mass is 16.5. The van der Waals surface area contributed by atoms with Crippen molar-refractivity contribution in [2.75, 3.05) is 7.11 Å². The number of para-hydroxylation sites is 1. The van der Waals surface area contributed by atoms with Crippen molar-refractivity contribution >= 4 is 5.65 Å². The summed E-state index contributed by atoms with van der Waals surface area (Å²) in [7, 11) is 1.64. The third kappa shape index (κ3) is 2.13. The summed E-state index contributed by atoms with van der Waals surface area (Å²) in [5, 5.41) is 9.34. The van der Waals surface area contributed by atoms with Gasteiger partial charge < -0.3 is 9.14 Å². The van der Waals surface area contributed by atoms with E-state index in [2.05, 4.69) is 6.07 Å². The summed E-state index contributed by atoms with van der Waals surface area (Å²) in [6, 6.07) is 15.9. The fraction of sp³-hybridized carbons (Fsp3) is 0.176. The van der Waals surface area contributed by atoms with Crippen LogP contribution in [0.15, 0.2) is 48.7 Å². The number of hydrogen-bond donors (Lipinski definition) is 0. The average Bonchev–Trinajstić information content (AvgIpc) is 2.93. The Morgan fingerprint density at radius 1 is 1.19 bits per heavy atom. The van der Waals surface area contributed by atoms with Crippen LogP contribution < -0.4 is 4.74 Å². The molecule has 0 radical (unpaired) electrons. The normalized spacial score (nSPS) is 12.0. The maximum atomic E-state index is 9.34. The van der Waals surface area contributed by atoms with Crippen molar-refractivity contribution in [2.24, 2.45) is 0 Å². The Bertz CT molecular complexity index is 829. The quantitative estimate of drug-likeness (QED) is 0.734. The van der Waals surface area contributed by atoms with Crippen LogP contribution in [0.5, 0.6) is 5.75 Å². The minimum atomic E-state index is -0.262. The van der Waals surface area contributed by atoms with Crippen LogP contribution in [-0.4, -0.2) is 16.5 Å². The van der Waals surface area contributed by atoms with E-state index in [9.17, 15) is 5.26 Å². The van der Waals surface area contributed by atoms with E-state index in [0.717, 1.165) is 28.3 Å². The zero-order chi connectivity index (χ0) is 14.8. The Morgan fingerprint density at radius 3 is 2.71 bits per heavy atom. The summed E-state index contributed by atoms with van der Waals surface area (Å²) in [6.45, 7) is 1.88. The maximum Gasteiger partial charge on any atom is 0.137 e. The number of hydrogen-bond acceptors (Lipinski definition) is 3. The first kappa shape index (κ1) is 13.2. The van der Waals surface area contributed by atoms with Crippen LogP contribution in [0.25, 0.3) is 16.9 Å². The second-order valence-electron chi connectivity index (χ2n) is 4.83. The molecule has 0 fully saturated rings. The second kappa shape index (κ2) is 5.29. The summed E-state index contributed by atoms with van der Waals surface area (Å²) >= 11 is 0. The average molecular weight is 277 g/mol. The summed E-state index contributed by atoms with van der Waals surface area (Å²) in [6.07, 6.45) is 1.93. The minimum Gasteiger partial charge on any atom is -0.496 e. The molecule has 0 amide bonds. The number of benzene rings is 1. The van der Waals surface area contributed by atoms with Gasteiger partial charge in [-0.15, -0.1) is 0 Å². The van der Waals surface area contributed by atoms with Crippen molar-refractivity contribution in [3.8, 4) is 23.1 Å². The predicted octanol–water partition coefficient (Wildman–Crippen LogP) is 3.64. The van der Waals surface area contributed by atoms with Gasteiger partial charge in [-0.2, -0.15) is 5.26 Å². The van der Waals surface area contributed by atoms with Gasteiger partial charge in [0.15, 0.2) is 0 Å². The topological polar surface area (TPSA) is 50.3 Å². The predicted molar refractivity (Wildman–Crippen MR) is 81.2 cm³/mol. The molecule has 2 aromatic heterocycles. The number of rotatable bonds is 3. The van der Waals surface area contributed by atoms with Crippen LogP contribution in [0.4, 0.5) is 0 Å². The standard InChI is InChI=1S/C17H15N3O/c1-12(11-18)17-16(13-7-3-4-8-14(13)21-2)19-15-9-5-6-10-20(15)17/h3-10,12H,1-2H3. The number of imidazole rings is 1. The third-order valence-corrected chi connectivity index (χ3v) is 3.53. The lowest BCUT2D eigenvalue weighted by Gasteiger charge is -2.10. The van der Waals surface area contributed by atoms with Gasteiger partial charge in [0.1, 0.15) is 11.4 Å². The Balaban J connectivity index is 2.34. The molecule has 21 heavy (non-hydrogen) atoms. The van der Waals surface area contributed by atoms with Gasteiger partial charge in [0, 0.05) is 11.8 Å². The van der Waals surface area contributed by atoms with Gasteiger partial charge in [-0.1, -0.05) is 18.2 Å². The minimum absolute atomic E-state index is 0.262. The van der Waals surface area contributed by atoms with Gasteiger partial charge in [-0.25, -0.2) is 4.98 Å². The van der Waals surface area contributed by atoms with E-state index in [4.69, 9.17) is 9.72 Å². The van der Waals surface area contributed by atoms with Crippen LogP contribution in [-0.2, 0) is 0 Å². The SMILES string of the molecule is COc1ccccc1-c1nc2ccccn2c1C(C)C#N. The van der Waals surface area contributed by atoms with Crippen LogP contribution in [0.2, 0.25) is 0 Å². The molecule has 0 aliphatic heterocycles. The molecular formula is C17H15N3O. The summed E-state index contributed by atoms with van der Waals surface area (Å²) in [5.74, 6) is 0.495. The van der Waals surface area contributed by atoms with Gasteiger partial charge in [0.2, 0.25) is 0 Å². The first-order valence-electron chi connectivity index (χ1n) is 6.76. The summed E-state index contributed by atoms with van der Waals surface area (Å²) < 4.78 is 7.40. The largest absolute Gasteiger partial charge is 0.496 e. The smallest absolute Gasteiger partial charge is 0.137 e. The number of nitriles is 1. The highest BCUT2D eigenvalue weighted by molar-refractivity contribution is 5.73. The molecule has 1 atom stereocenters. The van der Waals surface area contributed by atoms with Crippen molar-refractivity contribution in [1.82, 2.24) is 9.38 Å². The molecule has 0 bridgehead atoms. The molecule has 2 heterocycles. The molecule has 4 nitrogen and oxygen atoms in total. The number of ether oxygens (including phenoxy) is 1. The van der Waals surface area contributed by atoms with Crippen LogP contribution in [0.3, 0.4) is 0 Å². The lowest BCUT2D eigenvalue weighted by Crippen LogP contribution is -1.99. The van der Waals surface area contributed by atoms with E-state index in [1.807, 2.05) is 60.0 Å². The fourth-order valence-electron chi connectivity index (χ4n) is 2.53. The lowest BCUT2D eigenvalue weighted by molar-refractivity contribution is 0.416. The molecule has 3 aromatic rings. The van der Waals surface area contributed by atoms with E-state index < -0.39 is 0 Å². The second-order valence-corrected chi connectivity index (χ2v) is 4.83. The van der Waals surface area contributed by atoms with Crippen molar-refractivity contribution < 1.29 is 4.74 Å². The summed E-state index contributed by atoms with van der Waals surface area (Å²) in [5.41, 5.74) is 3.42. The zero-order valence-corrected chi connectivity index (χ0v) is 11.9. The molecule has 104 valence electrons. The number of aromatic nitrogens is 2. The van der Waals surface area contributed by atoms with E-state index in [-0.39, 0.29) is 5.92 Å². The molecule has 0 saturated heterocycles. The molecule has 0 saturated carbocycles. The fourth-order valence-corrected chi connectivity index (χ4v) is 2.53. The Kier molecular flexibility index (Phi) is 3.33. The third-order valence-electron chi connectivity index (χ3n) is 3.53. The van der Waals surface area contributed by atoms with Crippen molar-refractivity contribution in [3.05, 3.63) is 54.4 Å². The molecule has 1 unspecified atom stereocenters. The Hall–Kier alpha value is -2.80. The van der Waals surface area contributed by atoms with E-state index in [1.165, 1.54) is 0 Å². The maximum absolute atomic E-state index is 9.34. The first-order valence-corrected chi connectivity index (χ1v) is 6.76. The molecule has 3 rings (SSSR count). The van der Waals surface area contributed by atoms with Gasteiger partial charge in [0.25, 0.3) is 0 Å². The van der Waals surface area contributed by atoms with Crippen molar-refractivity contribution in [1.29, 1.82) is 5.26 Å². The summed E-state index contributed by atoms with van der Waals surface area (Å²) in [4.78, 5) is 4.69. The molecular weight excluding hydrogens is 262 g/mol. The molecule has 1 aromatic carbocycles. The van der Waals surface area contributed by atoms with Crippen LogP contribution in [0.1, 0.15) is 18.5 Å².